The second-order valence-electron chi connectivity index (χ2n) is 26.6. The highest BCUT2D eigenvalue weighted by Crippen LogP contribution is 2.68. The Morgan fingerprint density at radius 2 is 0.866 bits per heavy atom. The van der Waals surface area contributed by atoms with Gasteiger partial charge in [-0.05, 0) is 177 Å². The van der Waals surface area contributed by atoms with E-state index in [1.165, 1.54) is 160 Å². The standard InChI is InChI=1S/C78H63BN2S/c1-45(2)47-30-35-50(36-31-47)80-67-43-58-56-24-14-17-27-61(56)77(59-25-15-10-20-52(59)53-21-11-16-26-60(53)77)65(58)44-66(67)79-71-68(80)40-46(3)41-69(71)81(51-37-32-48(33-38-51)75(4,5)6)72-70-57-39-34-49(76(7,8)9)42-64(57)78(73(70)82-74(72)79)62-28-18-12-22-54(62)55-23-13-19-29-63(55)78/h10-45H,1-9H3. The molecule has 0 bridgehead atoms. The maximum Gasteiger partial charge on any atom is 0.264 e. The van der Waals surface area contributed by atoms with Crippen LogP contribution in [0, 0.1) is 6.92 Å². The van der Waals surface area contributed by atoms with Gasteiger partial charge in [0, 0.05) is 43.7 Å². The molecule has 394 valence electrons. The van der Waals surface area contributed by atoms with Crippen LogP contribution in [0.3, 0.4) is 0 Å². The van der Waals surface area contributed by atoms with Gasteiger partial charge in [0.2, 0.25) is 0 Å². The van der Waals surface area contributed by atoms with Crippen molar-refractivity contribution < 1.29 is 0 Å². The van der Waals surface area contributed by atoms with Crippen LogP contribution in [0.15, 0.2) is 212 Å². The van der Waals surface area contributed by atoms with E-state index in [-0.39, 0.29) is 17.5 Å². The summed E-state index contributed by atoms with van der Waals surface area (Å²) in [4.78, 5) is 6.79. The van der Waals surface area contributed by atoms with Gasteiger partial charge in [-0.3, -0.25) is 0 Å². The monoisotopic (exact) mass is 1070 g/mol. The summed E-state index contributed by atoms with van der Waals surface area (Å²) < 4.78 is 1.40. The van der Waals surface area contributed by atoms with E-state index in [2.05, 4.69) is 296 Å². The quantitative estimate of drug-likeness (QED) is 0.163. The van der Waals surface area contributed by atoms with E-state index < -0.39 is 10.8 Å². The summed E-state index contributed by atoms with van der Waals surface area (Å²) in [5.41, 5.74) is 34.6. The Morgan fingerprint density at radius 1 is 0.415 bits per heavy atom. The second kappa shape index (κ2) is 16.4. The Kier molecular flexibility index (Phi) is 9.65. The Balaban J connectivity index is 1.04. The first kappa shape index (κ1) is 48.3. The Hall–Kier alpha value is -8.44. The SMILES string of the molecule is Cc1cc2c3c(c1)N(c1ccc(C(C)(C)C)cc1)c1c(sc4c1-c1ccc(C(C)(C)C)cc1C41c4ccccc4-c4ccccc41)B3c1cc3c(cc1N2c1ccc(C(C)C)cc1)-c1ccccc1C31c2ccccc2-c2ccccc21. The molecule has 0 atom stereocenters. The molecule has 3 heterocycles. The lowest BCUT2D eigenvalue weighted by Gasteiger charge is -2.44. The average molecular weight is 1070 g/mol. The molecule has 2 spiro atoms. The number of hydrogen-bond acceptors (Lipinski definition) is 3. The summed E-state index contributed by atoms with van der Waals surface area (Å²) in [5.74, 6) is 0.414. The van der Waals surface area contributed by atoms with Crippen molar-refractivity contribution in [3.8, 4) is 44.5 Å². The molecule has 1 aromatic heterocycles. The fourth-order valence-electron chi connectivity index (χ4n) is 16.1. The van der Waals surface area contributed by atoms with E-state index >= 15 is 0 Å². The van der Waals surface area contributed by atoms with E-state index in [0.717, 1.165) is 0 Å². The van der Waals surface area contributed by atoms with Crippen LogP contribution in [-0.2, 0) is 21.7 Å². The molecule has 0 amide bonds. The highest BCUT2D eigenvalue weighted by molar-refractivity contribution is 7.30. The lowest BCUT2D eigenvalue weighted by molar-refractivity contribution is 0.588. The summed E-state index contributed by atoms with van der Waals surface area (Å²) in [7, 11) is 0. The molecule has 10 aromatic carbocycles. The molecule has 0 fully saturated rings. The largest absolute Gasteiger partial charge is 0.311 e. The van der Waals surface area contributed by atoms with Gasteiger partial charge in [-0.15, -0.1) is 11.3 Å². The van der Waals surface area contributed by atoms with Gasteiger partial charge in [0.05, 0.1) is 16.5 Å². The molecule has 17 rings (SSSR count). The van der Waals surface area contributed by atoms with E-state index in [4.69, 9.17) is 0 Å². The van der Waals surface area contributed by atoms with Gasteiger partial charge in [-0.1, -0.05) is 225 Å². The predicted octanol–water partition coefficient (Wildman–Crippen LogP) is 18.5. The molecule has 0 saturated carbocycles. The Bertz CT molecular complexity index is 4510. The van der Waals surface area contributed by atoms with Crippen LogP contribution in [0.5, 0.6) is 0 Å². The van der Waals surface area contributed by atoms with E-state index in [1.807, 2.05) is 0 Å². The molecular formula is C78H63BN2S. The summed E-state index contributed by atoms with van der Waals surface area (Å²) >= 11 is 2.09. The molecule has 0 saturated heterocycles. The van der Waals surface area contributed by atoms with Crippen molar-refractivity contribution in [1.82, 2.24) is 0 Å². The third kappa shape index (κ3) is 6.01. The van der Waals surface area contributed by atoms with Crippen LogP contribution in [0.1, 0.15) is 127 Å². The highest BCUT2D eigenvalue weighted by atomic mass is 32.1. The average Bonchev–Trinajstić information content (AvgIpc) is 2.66. The zero-order valence-electron chi connectivity index (χ0n) is 48.2. The van der Waals surface area contributed by atoms with Crippen LogP contribution in [0.25, 0.3) is 44.5 Å². The summed E-state index contributed by atoms with van der Waals surface area (Å²) in [6.07, 6.45) is 0. The molecule has 0 unspecified atom stereocenters. The minimum absolute atomic E-state index is 0.00485. The number of hydrogen-bond donors (Lipinski definition) is 0. The van der Waals surface area contributed by atoms with E-state index in [1.54, 1.807) is 0 Å². The maximum absolute atomic E-state index is 2.72. The first-order chi connectivity index (χ1) is 39.7. The van der Waals surface area contributed by atoms with Crippen molar-refractivity contribution in [3.63, 3.8) is 0 Å². The zero-order valence-corrected chi connectivity index (χ0v) is 49.0. The molecule has 0 N–H and O–H groups in total. The molecule has 4 heteroatoms. The molecule has 0 radical (unpaired) electrons. The fraction of sp³-hybridized carbons (Fsp3) is 0.179. The van der Waals surface area contributed by atoms with Crippen molar-refractivity contribution in [1.29, 1.82) is 0 Å². The number of nitrogens with zero attached hydrogens (tertiary/aromatic N) is 2. The second-order valence-corrected chi connectivity index (χ2v) is 27.6. The van der Waals surface area contributed by atoms with Gasteiger partial charge in [0.25, 0.3) is 6.71 Å². The van der Waals surface area contributed by atoms with Crippen molar-refractivity contribution in [2.75, 3.05) is 9.80 Å². The van der Waals surface area contributed by atoms with Crippen LogP contribution < -0.4 is 25.5 Å². The molecule has 2 nitrogen and oxygen atoms in total. The van der Waals surface area contributed by atoms with Crippen LogP contribution in [0.4, 0.5) is 34.1 Å². The van der Waals surface area contributed by atoms with Crippen LogP contribution in [-0.4, -0.2) is 6.71 Å². The van der Waals surface area contributed by atoms with Gasteiger partial charge < -0.3 is 9.80 Å². The number of thiophene rings is 1. The van der Waals surface area contributed by atoms with Gasteiger partial charge in [0.15, 0.2) is 0 Å². The maximum atomic E-state index is 2.72. The minimum atomic E-state index is -0.531. The third-order valence-electron chi connectivity index (χ3n) is 19.8. The summed E-state index contributed by atoms with van der Waals surface area (Å²) in [6.45, 7) is 20.9. The molecule has 2 aliphatic heterocycles. The first-order valence-corrected chi connectivity index (χ1v) is 30.5. The number of aryl methyl sites for hydroxylation is 1. The van der Waals surface area contributed by atoms with Gasteiger partial charge in [0.1, 0.15) is 0 Å². The van der Waals surface area contributed by atoms with Gasteiger partial charge in [-0.25, -0.2) is 0 Å². The third-order valence-corrected chi connectivity index (χ3v) is 21.2. The molecule has 82 heavy (non-hydrogen) atoms. The van der Waals surface area contributed by atoms with Crippen LogP contribution in [0.2, 0.25) is 0 Å². The van der Waals surface area contributed by atoms with Crippen molar-refractivity contribution in [3.05, 3.63) is 278 Å². The zero-order chi connectivity index (χ0) is 55.5. The smallest absolute Gasteiger partial charge is 0.264 e. The highest BCUT2D eigenvalue weighted by Gasteiger charge is 2.58. The topological polar surface area (TPSA) is 6.48 Å². The lowest BCUT2D eigenvalue weighted by atomic mass is 9.35. The Morgan fingerprint density at radius 3 is 1.39 bits per heavy atom. The number of benzene rings is 10. The fourth-order valence-corrected chi connectivity index (χ4v) is 17.8. The van der Waals surface area contributed by atoms with Gasteiger partial charge in [-0.2, -0.15) is 0 Å². The van der Waals surface area contributed by atoms with Crippen molar-refractivity contribution in [2.24, 2.45) is 0 Å². The predicted molar refractivity (Wildman–Crippen MR) is 347 cm³/mol. The van der Waals surface area contributed by atoms with Crippen molar-refractivity contribution >= 4 is 67.9 Å². The normalized spacial score (nSPS) is 15.4. The minimum Gasteiger partial charge on any atom is -0.311 e. The lowest BCUT2D eigenvalue weighted by Crippen LogP contribution is -2.60. The Labute approximate surface area is 487 Å². The number of fused-ring (bicyclic) bond motifs is 25. The van der Waals surface area contributed by atoms with Crippen molar-refractivity contribution in [2.45, 2.75) is 89.9 Å². The molecule has 11 aromatic rings. The molecule has 6 aliphatic rings. The number of rotatable bonds is 3. The van der Waals surface area contributed by atoms with Crippen LogP contribution >= 0.6 is 11.3 Å². The summed E-state index contributed by atoms with van der Waals surface area (Å²) in [5, 5.41) is 0. The van der Waals surface area contributed by atoms with E-state index in [0.29, 0.717) is 5.92 Å². The molecule has 4 aliphatic carbocycles. The first-order valence-electron chi connectivity index (χ1n) is 29.6. The summed E-state index contributed by atoms with van der Waals surface area (Å²) in [6, 6.07) is 83.6. The van der Waals surface area contributed by atoms with E-state index in [9.17, 15) is 0 Å². The molecular weight excluding hydrogens is 1010 g/mol. The van der Waals surface area contributed by atoms with Gasteiger partial charge >= 0.3 is 0 Å². The number of anilines is 6.